The van der Waals surface area contributed by atoms with Crippen molar-refractivity contribution in [2.45, 2.75) is 5.92 Å². The Hall–Kier alpha value is -2.34. The zero-order valence-corrected chi connectivity index (χ0v) is 12.2. The van der Waals surface area contributed by atoms with Crippen molar-refractivity contribution in [2.24, 2.45) is 0 Å². The molecule has 0 saturated heterocycles. The van der Waals surface area contributed by atoms with Crippen LogP contribution in [-0.2, 0) is 9.53 Å². The van der Waals surface area contributed by atoms with Crippen LogP contribution in [0.1, 0.15) is 21.2 Å². The van der Waals surface area contributed by atoms with Gasteiger partial charge in [-0.2, -0.15) is 0 Å². The summed E-state index contributed by atoms with van der Waals surface area (Å²) in [5, 5.41) is 14.1. The zero-order valence-electron chi connectivity index (χ0n) is 11.4. The van der Waals surface area contributed by atoms with E-state index in [0.717, 1.165) is 0 Å². The lowest BCUT2D eigenvalue weighted by Gasteiger charge is -2.14. The predicted octanol–water partition coefficient (Wildman–Crippen LogP) is 2.82. The van der Waals surface area contributed by atoms with Crippen molar-refractivity contribution in [1.82, 2.24) is 0 Å². The zero-order chi connectivity index (χ0) is 15.2. The van der Waals surface area contributed by atoms with Gasteiger partial charge in [-0.1, -0.05) is 30.3 Å². The molecule has 2 rings (SSSR count). The monoisotopic (exact) mass is 305 g/mol. The molecule has 0 amide bonds. The van der Waals surface area contributed by atoms with Gasteiger partial charge in [0, 0.05) is 6.54 Å². The fraction of sp³-hybridized carbons (Fsp3) is 0.200. The van der Waals surface area contributed by atoms with E-state index in [-0.39, 0.29) is 6.54 Å². The molecule has 0 aliphatic rings. The van der Waals surface area contributed by atoms with E-state index in [4.69, 9.17) is 0 Å². The number of nitrogens with one attached hydrogen (secondary N) is 1. The van der Waals surface area contributed by atoms with Gasteiger partial charge in [0.25, 0.3) is 0 Å². The van der Waals surface area contributed by atoms with Gasteiger partial charge in [-0.15, -0.1) is 11.3 Å². The van der Waals surface area contributed by atoms with Crippen LogP contribution in [0, 0.1) is 0 Å². The van der Waals surface area contributed by atoms with Gasteiger partial charge in [0.1, 0.15) is 4.88 Å². The summed E-state index contributed by atoms with van der Waals surface area (Å²) in [6.07, 6.45) is 0. The summed E-state index contributed by atoms with van der Waals surface area (Å²) in [6.45, 7) is 0.195. The summed E-state index contributed by atoms with van der Waals surface area (Å²) in [6, 6.07) is 10.7. The first kappa shape index (κ1) is 15.1. The number of esters is 1. The molecule has 0 bridgehead atoms. The van der Waals surface area contributed by atoms with Gasteiger partial charge in [0.05, 0.1) is 18.7 Å². The molecule has 2 aromatic rings. The van der Waals surface area contributed by atoms with Crippen molar-refractivity contribution >= 4 is 29.0 Å². The van der Waals surface area contributed by atoms with Gasteiger partial charge in [0.15, 0.2) is 0 Å². The van der Waals surface area contributed by atoms with E-state index in [1.165, 1.54) is 18.4 Å². The highest BCUT2D eigenvalue weighted by molar-refractivity contribution is 7.12. The highest BCUT2D eigenvalue weighted by atomic mass is 32.1. The fourth-order valence-corrected chi connectivity index (χ4v) is 2.73. The number of benzene rings is 1. The minimum Gasteiger partial charge on any atom is -0.481 e. The first-order valence-corrected chi connectivity index (χ1v) is 7.19. The molecular weight excluding hydrogens is 290 g/mol. The van der Waals surface area contributed by atoms with Crippen molar-refractivity contribution in [3.8, 4) is 0 Å². The number of carbonyl (C=O) groups is 2. The SMILES string of the molecule is COC(=O)c1sccc1NCC(C(=O)O)c1ccccc1. The number of carboxylic acid groups (broad SMARTS) is 1. The molecule has 5 nitrogen and oxygen atoms in total. The minimum atomic E-state index is -0.913. The second-order valence-corrected chi connectivity index (χ2v) is 5.25. The van der Waals surface area contributed by atoms with Crippen LogP contribution in [0.25, 0.3) is 0 Å². The molecule has 1 heterocycles. The number of ether oxygens (including phenoxy) is 1. The summed E-state index contributed by atoms with van der Waals surface area (Å²) < 4.78 is 4.69. The van der Waals surface area contributed by atoms with Gasteiger partial charge in [-0.3, -0.25) is 4.79 Å². The fourth-order valence-electron chi connectivity index (χ4n) is 1.94. The molecule has 1 aromatic carbocycles. The van der Waals surface area contributed by atoms with E-state index in [1.807, 2.05) is 6.07 Å². The summed E-state index contributed by atoms with van der Waals surface area (Å²) in [7, 11) is 1.32. The number of anilines is 1. The van der Waals surface area contributed by atoms with Crippen molar-refractivity contribution in [1.29, 1.82) is 0 Å². The van der Waals surface area contributed by atoms with Gasteiger partial charge < -0.3 is 15.2 Å². The smallest absolute Gasteiger partial charge is 0.350 e. The van der Waals surface area contributed by atoms with Crippen LogP contribution in [0.3, 0.4) is 0 Å². The molecule has 0 saturated carbocycles. The Balaban J connectivity index is 2.12. The van der Waals surface area contributed by atoms with Crippen molar-refractivity contribution in [2.75, 3.05) is 19.0 Å². The first-order valence-electron chi connectivity index (χ1n) is 6.31. The Morgan fingerprint density at radius 1 is 1.29 bits per heavy atom. The number of thiophene rings is 1. The minimum absolute atomic E-state index is 0.195. The largest absolute Gasteiger partial charge is 0.481 e. The Bertz CT molecular complexity index is 624. The van der Waals surface area contributed by atoms with Crippen molar-refractivity contribution in [3.05, 3.63) is 52.2 Å². The Morgan fingerprint density at radius 3 is 2.62 bits per heavy atom. The summed E-state index contributed by atoms with van der Waals surface area (Å²) in [4.78, 5) is 23.4. The van der Waals surface area contributed by atoms with Gasteiger partial charge in [-0.05, 0) is 17.0 Å². The number of hydrogen-bond donors (Lipinski definition) is 2. The van der Waals surface area contributed by atoms with Gasteiger partial charge in [-0.25, -0.2) is 4.79 Å². The molecule has 0 aliphatic heterocycles. The second kappa shape index (κ2) is 6.90. The van der Waals surface area contributed by atoms with E-state index < -0.39 is 17.9 Å². The molecular formula is C15H15NO4S. The van der Waals surface area contributed by atoms with Crippen LogP contribution in [0.4, 0.5) is 5.69 Å². The predicted molar refractivity (Wildman–Crippen MR) is 81.0 cm³/mol. The van der Waals surface area contributed by atoms with E-state index >= 15 is 0 Å². The summed E-state index contributed by atoms with van der Waals surface area (Å²) >= 11 is 1.25. The van der Waals surface area contributed by atoms with Crippen LogP contribution in [-0.4, -0.2) is 30.7 Å². The normalized spacial score (nSPS) is 11.7. The van der Waals surface area contributed by atoms with Crippen molar-refractivity contribution < 1.29 is 19.4 Å². The molecule has 0 radical (unpaired) electrons. The molecule has 6 heteroatoms. The summed E-state index contributed by atoms with van der Waals surface area (Å²) in [5.41, 5.74) is 1.31. The highest BCUT2D eigenvalue weighted by Crippen LogP contribution is 2.25. The number of carbonyl (C=O) groups excluding carboxylic acids is 1. The lowest BCUT2D eigenvalue weighted by Crippen LogP contribution is -2.21. The maximum Gasteiger partial charge on any atom is 0.350 e. The molecule has 1 unspecified atom stereocenters. The maximum atomic E-state index is 11.6. The Labute approximate surface area is 126 Å². The van der Waals surface area contributed by atoms with E-state index in [1.54, 1.807) is 35.7 Å². The second-order valence-electron chi connectivity index (χ2n) is 4.34. The first-order chi connectivity index (χ1) is 10.1. The van der Waals surface area contributed by atoms with Gasteiger partial charge in [0.2, 0.25) is 0 Å². The molecule has 21 heavy (non-hydrogen) atoms. The average molecular weight is 305 g/mol. The van der Waals surface area contributed by atoms with Crippen LogP contribution >= 0.6 is 11.3 Å². The van der Waals surface area contributed by atoms with Crippen LogP contribution in [0.5, 0.6) is 0 Å². The number of methoxy groups -OCH3 is 1. The lowest BCUT2D eigenvalue weighted by molar-refractivity contribution is -0.138. The molecule has 110 valence electrons. The quantitative estimate of drug-likeness (QED) is 0.803. The third-order valence-corrected chi connectivity index (χ3v) is 3.93. The standard InChI is InChI=1S/C15H15NO4S/c1-20-15(19)13-12(7-8-21-13)16-9-11(14(17)18)10-5-3-2-4-6-10/h2-8,11,16H,9H2,1H3,(H,17,18). The third-order valence-electron chi connectivity index (χ3n) is 3.03. The Morgan fingerprint density at radius 2 is 2.00 bits per heavy atom. The summed E-state index contributed by atoms with van der Waals surface area (Å²) in [5.74, 6) is -2.03. The van der Waals surface area contributed by atoms with Crippen LogP contribution in [0.2, 0.25) is 0 Å². The van der Waals surface area contributed by atoms with E-state index in [2.05, 4.69) is 10.1 Å². The number of hydrogen-bond acceptors (Lipinski definition) is 5. The third kappa shape index (κ3) is 3.61. The number of aliphatic carboxylic acids is 1. The molecule has 1 aromatic heterocycles. The molecule has 0 spiro atoms. The average Bonchev–Trinajstić information content (AvgIpc) is 2.96. The lowest BCUT2D eigenvalue weighted by atomic mass is 9.99. The molecule has 0 aliphatic carbocycles. The molecule has 0 fully saturated rings. The molecule has 1 atom stereocenters. The molecule has 2 N–H and O–H groups in total. The number of carboxylic acids is 1. The maximum absolute atomic E-state index is 11.6. The van der Waals surface area contributed by atoms with E-state index in [0.29, 0.717) is 16.1 Å². The van der Waals surface area contributed by atoms with Crippen LogP contribution < -0.4 is 5.32 Å². The van der Waals surface area contributed by atoms with Crippen LogP contribution in [0.15, 0.2) is 41.8 Å². The van der Waals surface area contributed by atoms with E-state index in [9.17, 15) is 14.7 Å². The number of rotatable bonds is 6. The topological polar surface area (TPSA) is 75.6 Å². The highest BCUT2D eigenvalue weighted by Gasteiger charge is 2.21. The van der Waals surface area contributed by atoms with Gasteiger partial charge >= 0.3 is 11.9 Å². The van der Waals surface area contributed by atoms with Crippen molar-refractivity contribution in [3.63, 3.8) is 0 Å². The Kier molecular flexibility index (Phi) is 4.94.